The van der Waals surface area contributed by atoms with Crippen molar-refractivity contribution < 1.29 is 5.11 Å². The van der Waals surface area contributed by atoms with Crippen LogP contribution in [0.15, 0.2) is 170 Å². The number of phenols is 1. The van der Waals surface area contributed by atoms with Gasteiger partial charge >= 0.3 is 0 Å². The molecule has 1 aliphatic rings. The number of terminal acetylenes is 1. The highest BCUT2D eigenvalue weighted by atomic mass is 16.3. The molecule has 5 nitrogen and oxygen atoms in total. The van der Waals surface area contributed by atoms with Crippen LogP contribution in [0.3, 0.4) is 0 Å². The first kappa shape index (κ1) is 31.0. The summed E-state index contributed by atoms with van der Waals surface area (Å²) in [6.45, 7) is 0. The molecule has 1 unspecified atom stereocenters. The Kier molecular flexibility index (Phi) is 7.56. The van der Waals surface area contributed by atoms with Gasteiger partial charge < -0.3 is 5.11 Å². The van der Waals surface area contributed by atoms with E-state index in [-0.39, 0.29) is 5.75 Å². The van der Waals surface area contributed by atoms with E-state index in [9.17, 15) is 5.11 Å². The van der Waals surface area contributed by atoms with Gasteiger partial charge in [-0.25, -0.2) is 4.98 Å². The average molecular weight is 669 g/mol. The molecule has 2 aromatic heterocycles. The SMILES string of the molecule is C#C/C=C\C=C/CC1(c2ccccc2O)c2ccccc2-c2cc3c(cc21)c1ccccc1n3-c1nc(-c2ccccc2)nc(-c2ccccc2)n1. The van der Waals surface area contributed by atoms with Crippen LogP contribution in [-0.4, -0.2) is 24.6 Å². The van der Waals surface area contributed by atoms with Gasteiger partial charge in [-0.2, -0.15) is 9.97 Å². The third-order valence-electron chi connectivity index (χ3n) is 10.1. The summed E-state index contributed by atoms with van der Waals surface area (Å²) in [6.07, 6.45) is 13.8. The van der Waals surface area contributed by atoms with Crippen molar-refractivity contribution in [2.45, 2.75) is 11.8 Å². The van der Waals surface area contributed by atoms with Crippen LogP contribution in [0.25, 0.3) is 61.7 Å². The Bertz CT molecular complexity index is 2680. The van der Waals surface area contributed by atoms with Gasteiger partial charge in [0, 0.05) is 27.5 Å². The number of nitrogens with zero attached hydrogens (tertiary/aromatic N) is 4. The van der Waals surface area contributed by atoms with E-state index in [4.69, 9.17) is 21.4 Å². The van der Waals surface area contributed by atoms with Crippen molar-refractivity contribution in [3.05, 3.63) is 187 Å². The third-order valence-corrected chi connectivity index (χ3v) is 10.1. The van der Waals surface area contributed by atoms with Gasteiger partial charge in [-0.05, 0) is 59.0 Å². The lowest BCUT2D eigenvalue weighted by atomic mass is 9.69. The van der Waals surface area contributed by atoms with Gasteiger partial charge in [-0.1, -0.05) is 145 Å². The molecule has 6 aromatic carbocycles. The minimum absolute atomic E-state index is 0.257. The number of fused-ring (bicyclic) bond motifs is 6. The van der Waals surface area contributed by atoms with Gasteiger partial charge in [0.15, 0.2) is 11.6 Å². The molecule has 1 aliphatic carbocycles. The summed E-state index contributed by atoms with van der Waals surface area (Å²) in [6, 6.07) is 49.3. The van der Waals surface area contributed by atoms with Crippen molar-refractivity contribution in [3.8, 4) is 57.9 Å². The predicted molar refractivity (Wildman–Crippen MR) is 210 cm³/mol. The summed E-state index contributed by atoms with van der Waals surface area (Å²) in [5, 5.41) is 13.7. The topological polar surface area (TPSA) is 63.8 Å². The molecule has 0 bridgehead atoms. The summed E-state index contributed by atoms with van der Waals surface area (Å²) in [4.78, 5) is 15.2. The number of hydrogen-bond acceptors (Lipinski definition) is 4. The summed E-state index contributed by atoms with van der Waals surface area (Å²) in [5.74, 6) is 4.57. The van der Waals surface area contributed by atoms with Gasteiger partial charge in [0.2, 0.25) is 5.95 Å². The quantitative estimate of drug-likeness (QED) is 0.136. The van der Waals surface area contributed by atoms with Crippen molar-refractivity contribution >= 4 is 21.8 Å². The third kappa shape index (κ3) is 4.93. The summed E-state index contributed by atoms with van der Waals surface area (Å²) >= 11 is 0. The second-order valence-corrected chi connectivity index (χ2v) is 12.9. The van der Waals surface area contributed by atoms with Crippen molar-refractivity contribution in [1.29, 1.82) is 0 Å². The second kappa shape index (κ2) is 12.7. The van der Waals surface area contributed by atoms with Crippen LogP contribution < -0.4 is 0 Å². The lowest BCUT2D eigenvalue weighted by Crippen LogP contribution is -2.26. The van der Waals surface area contributed by atoms with Gasteiger partial charge in [-0.15, -0.1) is 6.42 Å². The molecule has 0 saturated heterocycles. The van der Waals surface area contributed by atoms with E-state index in [1.54, 1.807) is 12.1 Å². The van der Waals surface area contributed by atoms with Gasteiger partial charge in [0.05, 0.1) is 16.4 Å². The molecule has 0 radical (unpaired) electrons. The Balaban J connectivity index is 1.36. The Hall–Kier alpha value is -7.03. The van der Waals surface area contributed by atoms with Crippen molar-refractivity contribution in [1.82, 2.24) is 19.5 Å². The van der Waals surface area contributed by atoms with Gasteiger partial charge in [0.1, 0.15) is 5.75 Å². The number of para-hydroxylation sites is 2. The molecule has 2 heterocycles. The molecule has 1 N–H and O–H groups in total. The molecule has 1 atom stereocenters. The lowest BCUT2D eigenvalue weighted by Gasteiger charge is -2.32. The zero-order valence-electron chi connectivity index (χ0n) is 28.2. The van der Waals surface area contributed by atoms with Crippen LogP contribution in [0.4, 0.5) is 0 Å². The molecule has 246 valence electrons. The largest absolute Gasteiger partial charge is 0.508 e. The number of phenolic OH excluding ortho intramolecular Hbond substituents is 1. The molecule has 0 spiro atoms. The van der Waals surface area contributed by atoms with Crippen LogP contribution >= 0.6 is 0 Å². The van der Waals surface area contributed by atoms with E-state index in [0.29, 0.717) is 24.0 Å². The normalized spacial score (nSPS) is 15.0. The smallest absolute Gasteiger partial charge is 0.238 e. The molecular weight excluding hydrogens is 637 g/mol. The van der Waals surface area contributed by atoms with Gasteiger partial charge in [0.25, 0.3) is 0 Å². The average Bonchev–Trinajstić information content (AvgIpc) is 3.67. The maximum Gasteiger partial charge on any atom is 0.238 e. The van der Waals surface area contributed by atoms with Crippen LogP contribution in [0.5, 0.6) is 5.75 Å². The fourth-order valence-corrected chi connectivity index (χ4v) is 7.83. The fourth-order valence-electron chi connectivity index (χ4n) is 7.83. The van der Waals surface area contributed by atoms with E-state index >= 15 is 0 Å². The molecule has 0 saturated carbocycles. The minimum atomic E-state index is -0.663. The van der Waals surface area contributed by atoms with E-state index in [2.05, 4.69) is 77.2 Å². The first-order valence-corrected chi connectivity index (χ1v) is 17.3. The Morgan fingerprint density at radius 1 is 0.596 bits per heavy atom. The summed E-state index contributed by atoms with van der Waals surface area (Å²) in [7, 11) is 0. The van der Waals surface area contributed by atoms with Crippen LogP contribution in [0, 0.1) is 12.3 Å². The molecule has 0 amide bonds. The van der Waals surface area contributed by atoms with E-state index in [0.717, 1.165) is 60.8 Å². The van der Waals surface area contributed by atoms with Crippen LogP contribution in [0.2, 0.25) is 0 Å². The highest BCUT2D eigenvalue weighted by molar-refractivity contribution is 6.11. The second-order valence-electron chi connectivity index (χ2n) is 12.9. The van der Waals surface area contributed by atoms with Gasteiger partial charge in [-0.3, -0.25) is 4.57 Å². The van der Waals surface area contributed by atoms with E-state index < -0.39 is 5.41 Å². The highest BCUT2D eigenvalue weighted by Gasteiger charge is 2.45. The number of hydrogen-bond donors (Lipinski definition) is 1. The number of aromatic nitrogens is 4. The van der Waals surface area contributed by atoms with Crippen molar-refractivity contribution in [3.63, 3.8) is 0 Å². The molecule has 0 aliphatic heterocycles. The minimum Gasteiger partial charge on any atom is -0.508 e. The zero-order chi connectivity index (χ0) is 35.1. The van der Waals surface area contributed by atoms with Crippen molar-refractivity contribution in [2.24, 2.45) is 0 Å². The summed E-state index contributed by atoms with van der Waals surface area (Å²) in [5.41, 5.74) is 8.48. The Morgan fingerprint density at radius 2 is 1.23 bits per heavy atom. The molecule has 52 heavy (non-hydrogen) atoms. The number of aromatic hydroxyl groups is 1. The lowest BCUT2D eigenvalue weighted by molar-refractivity contribution is 0.454. The van der Waals surface area contributed by atoms with Crippen molar-refractivity contribution in [2.75, 3.05) is 0 Å². The molecule has 8 aromatic rings. The van der Waals surface area contributed by atoms with Crippen LogP contribution in [-0.2, 0) is 5.41 Å². The molecular formula is C47H32N4O. The molecule has 9 rings (SSSR count). The maximum atomic E-state index is 11.5. The summed E-state index contributed by atoms with van der Waals surface area (Å²) < 4.78 is 2.17. The molecule has 5 heteroatoms. The van der Waals surface area contributed by atoms with Crippen LogP contribution in [0.1, 0.15) is 23.1 Å². The Morgan fingerprint density at radius 3 is 1.94 bits per heavy atom. The molecule has 0 fully saturated rings. The predicted octanol–water partition coefficient (Wildman–Crippen LogP) is 10.5. The Labute approximate surface area is 301 Å². The number of rotatable bonds is 7. The van der Waals surface area contributed by atoms with E-state index in [1.807, 2.05) is 91.0 Å². The standard InChI is InChI=1S/C47H32N4O/c1-2-3-4-5-18-29-47(39-26-15-17-28-43(39)52)38-25-14-12-23-34(38)36-31-42-37(30-40(36)47)35-24-13-16-27-41(35)51(42)46-49-44(32-19-8-6-9-20-32)48-45(50-46)33-21-10-7-11-22-33/h1,3-28,30-31,52H,29H2/b4-3-,18-5-. The highest BCUT2D eigenvalue weighted by Crippen LogP contribution is 2.57. The first-order valence-electron chi connectivity index (χ1n) is 17.3. The maximum absolute atomic E-state index is 11.5. The fraction of sp³-hybridized carbons (Fsp3) is 0.0426. The zero-order valence-corrected chi connectivity index (χ0v) is 28.2. The number of allylic oxidation sites excluding steroid dienone is 4. The monoisotopic (exact) mass is 668 g/mol. The van der Waals surface area contributed by atoms with E-state index in [1.165, 1.54) is 0 Å². The first-order chi connectivity index (χ1) is 25.7. The number of benzene rings is 6.